The largest absolute Gasteiger partial charge is 0.469 e. The lowest BCUT2D eigenvalue weighted by atomic mass is 10.2. The quantitative estimate of drug-likeness (QED) is 0.610. The molecule has 0 atom stereocenters. The highest BCUT2D eigenvalue weighted by atomic mass is 32.2. The van der Waals surface area contributed by atoms with E-state index in [1.165, 1.54) is 14.0 Å². The molecule has 1 rings (SSSR count). The summed E-state index contributed by atoms with van der Waals surface area (Å²) >= 11 is 0. The van der Waals surface area contributed by atoms with Crippen LogP contribution in [0.5, 0.6) is 0 Å². The molecule has 0 unspecified atom stereocenters. The molecule has 0 aliphatic heterocycles. The topological polar surface area (TPSA) is 98.5 Å². The average molecular weight is 290 g/mol. The van der Waals surface area contributed by atoms with Gasteiger partial charge in [0.25, 0.3) is 0 Å². The van der Waals surface area contributed by atoms with Crippen molar-refractivity contribution in [1.82, 2.24) is 4.72 Å². The Bertz CT molecular complexity index is 587. The first-order chi connectivity index (χ1) is 8.77. The molecule has 0 spiro atoms. The fraction of sp³-hybridized carbons (Fsp3) is 0.364. The number of sulfonamides is 1. The number of hydrogen-bond acceptors (Lipinski definition) is 5. The van der Waals surface area contributed by atoms with Crippen molar-refractivity contribution >= 4 is 21.7 Å². The second kappa shape index (κ2) is 5.98. The minimum atomic E-state index is -3.84. The summed E-state index contributed by atoms with van der Waals surface area (Å²) in [4.78, 5) is 10.8. The van der Waals surface area contributed by atoms with E-state index in [4.69, 9.17) is 5.73 Å². The first-order valence-corrected chi connectivity index (χ1v) is 6.88. The van der Waals surface area contributed by atoms with E-state index in [1.807, 2.05) is 0 Å². The Kier molecular flexibility index (Phi) is 4.84. The molecule has 0 saturated carbocycles. The lowest BCUT2D eigenvalue weighted by molar-refractivity contribution is -0.140. The molecule has 0 amide bonds. The van der Waals surface area contributed by atoms with Gasteiger partial charge in [-0.15, -0.1) is 0 Å². The van der Waals surface area contributed by atoms with Gasteiger partial charge in [-0.05, 0) is 24.6 Å². The summed E-state index contributed by atoms with van der Waals surface area (Å²) in [6, 6.07) is 2.09. The third-order valence-corrected chi connectivity index (χ3v) is 4.04. The van der Waals surface area contributed by atoms with E-state index in [0.717, 1.165) is 12.1 Å². The third kappa shape index (κ3) is 3.90. The van der Waals surface area contributed by atoms with Gasteiger partial charge in [-0.3, -0.25) is 4.79 Å². The smallest absolute Gasteiger partial charge is 0.306 e. The van der Waals surface area contributed by atoms with Crippen LogP contribution in [0, 0.1) is 12.7 Å². The highest BCUT2D eigenvalue weighted by Crippen LogP contribution is 2.21. The molecule has 0 aromatic heterocycles. The number of carbonyl (C=O) groups excluding carboxylic acids is 1. The third-order valence-electron chi connectivity index (χ3n) is 2.43. The molecule has 0 aliphatic rings. The number of nitrogen functional groups attached to an aromatic ring is 1. The Hall–Kier alpha value is -1.67. The summed E-state index contributed by atoms with van der Waals surface area (Å²) in [6.07, 6.45) is -0.0918. The predicted octanol–water partition coefficient (Wildman–Crippen LogP) is 0.558. The number of methoxy groups -OCH3 is 1. The Morgan fingerprint density at radius 2 is 2.11 bits per heavy atom. The number of aryl methyl sites for hydroxylation is 1. The molecule has 8 heteroatoms. The Labute approximate surface area is 110 Å². The SMILES string of the molecule is COC(=O)CCNS(=O)(=O)c1cc(N)c(F)cc1C. The molecule has 1 aromatic rings. The molecule has 6 nitrogen and oxygen atoms in total. The van der Waals surface area contributed by atoms with Crippen molar-refractivity contribution in [2.45, 2.75) is 18.2 Å². The number of esters is 1. The van der Waals surface area contributed by atoms with Gasteiger partial charge in [0.2, 0.25) is 10.0 Å². The van der Waals surface area contributed by atoms with Gasteiger partial charge in [-0.25, -0.2) is 17.5 Å². The van der Waals surface area contributed by atoms with Crippen LogP contribution in [0.2, 0.25) is 0 Å². The van der Waals surface area contributed by atoms with Gasteiger partial charge in [0.15, 0.2) is 0 Å². The summed E-state index contributed by atoms with van der Waals surface area (Å²) in [5.74, 6) is -1.20. The van der Waals surface area contributed by atoms with Crippen LogP contribution in [-0.4, -0.2) is 28.0 Å². The first-order valence-electron chi connectivity index (χ1n) is 5.40. The molecule has 0 fully saturated rings. The minimum Gasteiger partial charge on any atom is -0.469 e. The summed E-state index contributed by atoms with van der Waals surface area (Å²) < 4.78 is 43.6. The van der Waals surface area contributed by atoms with Gasteiger partial charge in [0.1, 0.15) is 5.82 Å². The van der Waals surface area contributed by atoms with Crippen LogP contribution in [-0.2, 0) is 19.6 Å². The summed E-state index contributed by atoms with van der Waals surface area (Å²) in [5.41, 5.74) is 5.33. The van der Waals surface area contributed by atoms with Crippen LogP contribution in [0.1, 0.15) is 12.0 Å². The van der Waals surface area contributed by atoms with E-state index in [2.05, 4.69) is 9.46 Å². The van der Waals surface area contributed by atoms with Crippen molar-refractivity contribution in [2.24, 2.45) is 0 Å². The van der Waals surface area contributed by atoms with Gasteiger partial charge >= 0.3 is 5.97 Å². The van der Waals surface area contributed by atoms with Crippen molar-refractivity contribution in [2.75, 3.05) is 19.4 Å². The average Bonchev–Trinajstić information content (AvgIpc) is 2.33. The van der Waals surface area contributed by atoms with Crippen molar-refractivity contribution in [3.05, 3.63) is 23.5 Å². The van der Waals surface area contributed by atoms with E-state index in [-0.39, 0.29) is 29.1 Å². The molecule has 0 saturated heterocycles. The van der Waals surface area contributed by atoms with E-state index in [1.54, 1.807) is 0 Å². The number of ether oxygens (including phenoxy) is 1. The monoisotopic (exact) mass is 290 g/mol. The molecule has 3 N–H and O–H groups in total. The summed E-state index contributed by atoms with van der Waals surface area (Å²) in [6.45, 7) is 1.35. The maximum absolute atomic E-state index is 13.1. The second-order valence-corrected chi connectivity index (χ2v) is 5.60. The summed E-state index contributed by atoms with van der Waals surface area (Å²) in [7, 11) is -2.63. The lowest BCUT2D eigenvalue weighted by Gasteiger charge is -2.10. The molecule has 1 aromatic carbocycles. The van der Waals surface area contributed by atoms with Gasteiger partial charge in [-0.2, -0.15) is 0 Å². The highest BCUT2D eigenvalue weighted by molar-refractivity contribution is 7.89. The molecule has 0 radical (unpaired) electrons. The minimum absolute atomic E-state index is 0.0918. The lowest BCUT2D eigenvalue weighted by Crippen LogP contribution is -2.27. The molecule has 0 bridgehead atoms. The number of rotatable bonds is 5. The number of nitrogens with two attached hydrogens (primary N) is 1. The van der Waals surface area contributed by atoms with Gasteiger partial charge < -0.3 is 10.5 Å². The van der Waals surface area contributed by atoms with Crippen molar-refractivity contribution < 1.29 is 22.3 Å². The zero-order valence-corrected chi connectivity index (χ0v) is 11.4. The standard InChI is InChI=1S/C11H15FN2O4S/c1-7-5-8(12)9(13)6-10(7)19(16,17)14-4-3-11(15)18-2/h5-6,14H,3-4,13H2,1-2H3. The van der Waals surface area contributed by atoms with Crippen molar-refractivity contribution in [3.8, 4) is 0 Å². The first kappa shape index (κ1) is 15.4. The van der Waals surface area contributed by atoms with E-state index in [0.29, 0.717) is 0 Å². The number of halogens is 1. The summed E-state index contributed by atoms with van der Waals surface area (Å²) in [5, 5.41) is 0. The zero-order valence-electron chi connectivity index (χ0n) is 10.6. The molecular weight excluding hydrogens is 275 g/mol. The zero-order chi connectivity index (χ0) is 14.6. The number of nitrogens with one attached hydrogen (secondary N) is 1. The number of anilines is 1. The van der Waals surface area contributed by atoms with Crippen LogP contribution >= 0.6 is 0 Å². The number of hydrogen-bond donors (Lipinski definition) is 2. The van der Waals surface area contributed by atoms with E-state index in [9.17, 15) is 17.6 Å². The van der Waals surface area contributed by atoms with E-state index >= 15 is 0 Å². The van der Waals surface area contributed by atoms with E-state index < -0.39 is 21.8 Å². The molecule has 0 aliphatic carbocycles. The van der Waals surface area contributed by atoms with Crippen LogP contribution in [0.3, 0.4) is 0 Å². The Morgan fingerprint density at radius 3 is 2.68 bits per heavy atom. The molecule has 106 valence electrons. The van der Waals surface area contributed by atoms with Gasteiger partial charge in [0.05, 0.1) is 24.1 Å². The second-order valence-electron chi connectivity index (χ2n) is 3.86. The fourth-order valence-corrected chi connectivity index (χ4v) is 2.72. The van der Waals surface area contributed by atoms with Crippen molar-refractivity contribution in [3.63, 3.8) is 0 Å². The van der Waals surface area contributed by atoms with Crippen LogP contribution in [0.15, 0.2) is 17.0 Å². The van der Waals surface area contributed by atoms with Crippen LogP contribution in [0.4, 0.5) is 10.1 Å². The number of carbonyl (C=O) groups is 1. The van der Waals surface area contributed by atoms with Crippen molar-refractivity contribution in [1.29, 1.82) is 0 Å². The maximum Gasteiger partial charge on any atom is 0.306 e. The Morgan fingerprint density at radius 1 is 1.47 bits per heavy atom. The van der Waals surface area contributed by atoms with Gasteiger partial charge in [-0.1, -0.05) is 0 Å². The predicted molar refractivity (Wildman–Crippen MR) is 67.4 cm³/mol. The molecule has 19 heavy (non-hydrogen) atoms. The fourth-order valence-electron chi connectivity index (χ4n) is 1.43. The van der Waals surface area contributed by atoms with Crippen LogP contribution in [0.25, 0.3) is 0 Å². The molecule has 0 heterocycles. The Balaban J connectivity index is 2.89. The molecular formula is C11H15FN2O4S. The highest BCUT2D eigenvalue weighted by Gasteiger charge is 2.18. The normalized spacial score (nSPS) is 11.3. The maximum atomic E-state index is 13.1. The van der Waals surface area contributed by atoms with Gasteiger partial charge in [0, 0.05) is 6.54 Å². The van der Waals surface area contributed by atoms with Crippen LogP contribution < -0.4 is 10.5 Å². The number of benzene rings is 1.